The topological polar surface area (TPSA) is 96.7 Å². The Morgan fingerprint density at radius 1 is 1.57 bits per heavy atom. The van der Waals surface area contributed by atoms with Gasteiger partial charge in [-0.3, -0.25) is 14.9 Å². The molecule has 0 bridgehead atoms. The molecule has 0 radical (unpaired) electrons. The van der Waals surface area contributed by atoms with Crippen LogP contribution in [0.1, 0.15) is 48.3 Å². The van der Waals surface area contributed by atoms with Gasteiger partial charge in [-0.15, -0.1) is 0 Å². The average Bonchev–Trinajstić information content (AvgIpc) is 2.84. The Bertz CT molecular complexity index is 599. The molecule has 0 spiro atoms. The molecule has 2 rings (SSSR count). The molecule has 1 amide bonds. The number of carbonyl (C=O) groups is 1. The minimum atomic E-state index is -0.325. The van der Waals surface area contributed by atoms with Crippen molar-refractivity contribution in [2.75, 3.05) is 5.73 Å². The number of aromatic nitrogens is 3. The molecule has 6 nitrogen and oxygen atoms in total. The highest BCUT2D eigenvalue weighted by Crippen LogP contribution is 2.23. The van der Waals surface area contributed by atoms with Crippen LogP contribution in [-0.2, 0) is 0 Å². The fourth-order valence-corrected chi connectivity index (χ4v) is 2.21. The molecule has 2 aromatic rings. The van der Waals surface area contributed by atoms with Gasteiger partial charge in [-0.2, -0.15) is 5.10 Å². The summed E-state index contributed by atoms with van der Waals surface area (Å²) in [6.07, 6.45) is 6.33. The van der Waals surface area contributed by atoms with Gasteiger partial charge in [0.2, 0.25) is 0 Å². The van der Waals surface area contributed by atoms with E-state index >= 15 is 0 Å². The van der Waals surface area contributed by atoms with Gasteiger partial charge in [0.1, 0.15) is 10.7 Å². The number of pyridine rings is 1. The van der Waals surface area contributed by atoms with E-state index in [-0.39, 0.29) is 28.5 Å². The number of hydrogen-bond donors (Lipinski definition) is 3. The number of nitrogens with one attached hydrogen (secondary N) is 2. The van der Waals surface area contributed by atoms with E-state index in [0.717, 1.165) is 24.8 Å². The second-order valence-corrected chi connectivity index (χ2v) is 5.13. The van der Waals surface area contributed by atoms with E-state index in [2.05, 4.69) is 27.4 Å². The third-order valence-electron chi connectivity index (χ3n) is 3.20. The zero-order valence-corrected chi connectivity index (χ0v) is 12.5. The fraction of sp³-hybridized carbons (Fsp3) is 0.357. The van der Waals surface area contributed by atoms with Crippen LogP contribution in [0.25, 0.3) is 0 Å². The van der Waals surface area contributed by atoms with E-state index in [1.54, 1.807) is 12.4 Å². The molecule has 0 saturated heterocycles. The summed E-state index contributed by atoms with van der Waals surface area (Å²) >= 11 is 5.95. The molecule has 1 atom stereocenters. The molecule has 4 N–H and O–H groups in total. The van der Waals surface area contributed by atoms with Crippen LogP contribution in [-0.4, -0.2) is 21.1 Å². The lowest BCUT2D eigenvalue weighted by Crippen LogP contribution is -2.29. The number of amides is 1. The number of unbranched alkanes of at least 4 members (excludes halogenated alkanes) is 1. The molecule has 2 aromatic heterocycles. The van der Waals surface area contributed by atoms with Crippen LogP contribution < -0.4 is 11.1 Å². The summed E-state index contributed by atoms with van der Waals surface area (Å²) in [5.41, 5.74) is 6.68. The van der Waals surface area contributed by atoms with Crippen molar-refractivity contribution in [3.63, 3.8) is 0 Å². The maximum Gasteiger partial charge on any atom is 0.271 e. The number of carbonyl (C=O) groups excluding carboxylic acids is 1. The van der Waals surface area contributed by atoms with E-state index in [1.807, 2.05) is 12.1 Å². The minimum absolute atomic E-state index is 0.119. The van der Waals surface area contributed by atoms with Crippen molar-refractivity contribution in [1.29, 1.82) is 0 Å². The lowest BCUT2D eigenvalue weighted by molar-refractivity contribution is 0.0929. The Balaban J connectivity index is 2.15. The highest BCUT2D eigenvalue weighted by molar-refractivity contribution is 6.35. The van der Waals surface area contributed by atoms with Crippen molar-refractivity contribution >= 4 is 23.3 Å². The highest BCUT2D eigenvalue weighted by Gasteiger charge is 2.20. The van der Waals surface area contributed by atoms with Gasteiger partial charge in [0.15, 0.2) is 5.82 Å². The van der Waals surface area contributed by atoms with Crippen LogP contribution in [0.2, 0.25) is 5.02 Å². The number of aromatic amines is 1. The van der Waals surface area contributed by atoms with Crippen molar-refractivity contribution < 1.29 is 4.79 Å². The molecular weight excluding hydrogens is 290 g/mol. The van der Waals surface area contributed by atoms with E-state index < -0.39 is 0 Å². The third-order valence-corrected chi connectivity index (χ3v) is 3.58. The SMILES string of the molecule is CCCC[C@@H](NC(=O)c1[nH]nc(N)c1Cl)c1cccnc1. The van der Waals surface area contributed by atoms with E-state index in [4.69, 9.17) is 17.3 Å². The van der Waals surface area contributed by atoms with Crippen LogP contribution in [0, 0.1) is 0 Å². The van der Waals surface area contributed by atoms with Gasteiger partial charge in [0.05, 0.1) is 6.04 Å². The molecular formula is C14H18ClN5O. The Labute approximate surface area is 128 Å². The molecule has 0 aromatic carbocycles. The van der Waals surface area contributed by atoms with Crippen LogP contribution in [0.3, 0.4) is 0 Å². The van der Waals surface area contributed by atoms with Crippen molar-refractivity contribution in [1.82, 2.24) is 20.5 Å². The smallest absolute Gasteiger partial charge is 0.271 e. The Hall–Kier alpha value is -2.08. The van der Waals surface area contributed by atoms with E-state index in [9.17, 15) is 4.79 Å². The van der Waals surface area contributed by atoms with Gasteiger partial charge in [0.25, 0.3) is 5.91 Å². The van der Waals surface area contributed by atoms with Crippen molar-refractivity contribution in [3.05, 3.63) is 40.8 Å². The average molecular weight is 308 g/mol. The maximum atomic E-state index is 12.3. The number of anilines is 1. The molecule has 0 aliphatic carbocycles. The van der Waals surface area contributed by atoms with E-state index in [1.165, 1.54) is 0 Å². The van der Waals surface area contributed by atoms with Crippen molar-refractivity contribution in [2.45, 2.75) is 32.2 Å². The number of rotatable bonds is 6. The molecule has 0 unspecified atom stereocenters. The van der Waals surface area contributed by atoms with Crippen molar-refractivity contribution in [2.24, 2.45) is 0 Å². The fourth-order valence-electron chi connectivity index (χ4n) is 2.04. The summed E-state index contributed by atoms with van der Waals surface area (Å²) in [5, 5.41) is 9.37. The summed E-state index contributed by atoms with van der Waals surface area (Å²) in [7, 11) is 0. The molecule has 21 heavy (non-hydrogen) atoms. The van der Waals surface area contributed by atoms with Gasteiger partial charge >= 0.3 is 0 Å². The minimum Gasteiger partial charge on any atom is -0.381 e. The Kier molecular flexibility index (Phi) is 5.16. The standard InChI is InChI=1S/C14H18ClN5O/c1-2-3-6-10(9-5-4-7-17-8-9)18-14(21)12-11(15)13(16)20-19-12/h4-5,7-8,10H,2-3,6H2,1H3,(H,18,21)(H3,16,19,20)/t10-/m1/s1. The first-order valence-electron chi connectivity index (χ1n) is 6.83. The second kappa shape index (κ2) is 7.08. The van der Waals surface area contributed by atoms with Crippen LogP contribution in [0.5, 0.6) is 0 Å². The largest absolute Gasteiger partial charge is 0.381 e. The lowest BCUT2D eigenvalue weighted by Gasteiger charge is -2.18. The van der Waals surface area contributed by atoms with Crippen LogP contribution in [0.15, 0.2) is 24.5 Å². The van der Waals surface area contributed by atoms with Gasteiger partial charge in [-0.1, -0.05) is 37.4 Å². The molecule has 0 aliphatic rings. The van der Waals surface area contributed by atoms with Gasteiger partial charge < -0.3 is 11.1 Å². The molecule has 0 aliphatic heterocycles. The molecule has 7 heteroatoms. The number of hydrogen-bond acceptors (Lipinski definition) is 4. The maximum absolute atomic E-state index is 12.3. The molecule has 0 saturated carbocycles. The van der Waals surface area contributed by atoms with E-state index in [0.29, 0.717) is 0 Å². The summed E-state index contributed by atoms with van der Waals surface area (Å²) in [6.45, 7) is 2.11. The summed E-state index contributed by atoms with van der Waals surface area (Å²) in [6, 6.07) is 3.67. The zero-order valence-electron chi connectivity index (χ0n) is 11.8. The first-order chi connectivity index (χ1) is 10.1. The molecule has 0 fully saturated rings. The third kappa shape index (κ3) is 3.72. The van der Waals surface area contributed by atoms with Gasteiger partial charge in [-0.25, -0.2) is 0 Å². The van der Waals surface area contributed by atoms with Crippen LogP contribution in [0.4, 0.5) is 5.82 Å². The molecule has 112 valence electrons. The lowest BCUT2D eigenvalue weighted by atomic mass is 10.0. The molecule has 2 heterocycles. The Morgan fingerprint density at radius 3 is 2.95 bits per heavy atom. The summed E-state index contributed by atoms with van der Waals surface area (Å²) in [4.78, 5) is 16.4. The monoisotopic (exact) mass is 307 g/mol. The first kappa shape index (κ1) is 15.3. The second-order valence-electron chi connectivity index (χ2n) is 4.75. The summed E-state index contributed by atoms with van der Waals surface area (Å²) < 4.78 is 0. The zero-order chi connectivity index (χ0) is 15.2. The van der Waals surface area contributed by atoms with Crippen LogP contribution >= 0.6 is 11.6 Å². The van der Waals surface area contributed by atoms with Crippen molar-refractivity contribution in [3.8, 4) is 0 Å². The predicted octanol–water partition coefficient (Wildman–Crippen LogP) is 2.70. The predicted molar refractivity (Wildman–Crippen MR) is 82.0 cm³/mol. The number of nitrogens with zero attached hydrogens (tertiary/aromatic N) is 2. The Morgan fingerprint density at radius 2 is 2.38 bits per heavy atom. The number of H-pyrrole nitrogens is 1. The number of nitrogens with two attached hydrogens (primary N) is 1. The van der Waals surface area contributed by atoms with Gasteiger partial charge in [0, 0.05) is 12.4 Å². The highest BCUT2D eigenvalue weighted by atomic mass is 35.5. The van der Waals surface area contributed by atoms with Gasteiger partial charge in [-0.05, 0) is 18.1 Å². The summed E-state index contributed by atoms with van der Waals surface area (Å²) in [5.74, 6) is -0.206. The number of halogens is 1. The normalized spacial score (nSPS) is 12.1. The number of nitrogen functional groups attached to an aromatic ring is 1. The first-order valence-corrected chi connectivity index (χ1v) is 7.21. The quantitative estimate of drug-likeness (QED) is 0.764.